The molecule has 1 aromatic carbocycles. The van der Waals surface area contributed by atoms with Crippen molar-refractivity contribution in [1.82, 2.24) is 9.88 Å². The fraction of sp³-hybridized carbons (Fsp3) is 0.286. The molecule has 1 aliphatic rings. The van der Waals surface area contributed by atoms with Crippen LogP contribution in [0.25, 0.3) is 11.0 Å². The van der Waals surface area contributed by atoms with E-state index in [-0.39, 0.29) is 17.1 Å². The fourth-order valence-electron chi connectivity index (χ4n) is 3.64. The highest BCUT2D eigenvalue weighted by Gasteiger charge is 2.42. The predicted octanol–water partition coefficient (Wildman–Crippen LogP) is 3.76. The van der Waals surface area contributed by atoms with Crippen LogP contribution < -0.4 is 5.43 Å². The smallest absolute Gasteiger partial charge is 0.290 e. The molecule has 3 aromatic rings. The van der Waals surface area contributed by atoms with Crippen molar-refractivity contribution in [2.75, 3.05) is 6.54 Å². The number of aromatic nitrogens is 1. The molecule has 0 radical (unpaired) electrons. The SMILES string of the molecule is CCCN1C(=O)c2oc3cc(C)c(C)cc3c(=O)c2C1c1ccncc1. The Balaban J connectivity index is 2.04. The first-order valence-electron chi connectivity index (χ1n) is 8.81. The van der Waals surface area contributed by atoms with Crippen LogP contribution in [0.15, 0.2) is 45.9 Å². The number of benzene rings is 1. The lowest BCUT2D eigenvalue weighted by Gasteiger charge is -2.24. The van der Waals surface area contributed by atoms with Crippen molar-refractivity contribution in [2.24, 2.45) is 0 Å². The molecule has 5 nitrogen and oxygen atoms in total. The third kappa shape index (κ3) is 2.35. The monoisotopic (exact) mass is 348 g/mol. The third-order valence-corrected chi connectivity index (χ3v) is 5.07. The Morgan fingerprint density at radius 3 is 2.50 bits per heavy atom. The van der Waals surface area contributed by atoms with E-state index in [1.165, 1.54) is 0 Å². The number of rotatable bonds is 3. The van der Waals surface area contributed by atoms with Crippen LogP contribution in [-0.2, 0) is 0 Å². The zero-order valence-electron chi connectivity index (χ0n) is 15.1. The van der Waals surface area contributed by atoms with Crippen molar-refractivity contribution in [3.8, 4) is 0 Å². The van der Waals surface area contributed by atoms with E-state index in [0.717, 1.165) is 23.1 Å². The summed E-state index contributed by atoms with van der Waals surface area (Å²) in [5, 5.41) is 0.525. The first kappa shape index (κ1) is 16.5. The Labute approximate surface area is 151 Å². The molecule has 26 heavy (non-hydrogen) atoms. The lowest BCUT2D eigenvalue weighted by molar-refractivity contribution is 0.0728. The molecule has 1 atom stereocenters. The van der Waals surface area contributed by atoms with E-state index in [4.69, 9.17) is 4.42 Å². The number of carbonyl (C=O) groups excluding carboxylic acids is 1. The Bertz CT molecular complexity index is 1070. The summed E-state index contributed by atoms with van der Waals surface area (Å²) < 4.78 is 5.95. The van der Waals surface area contributed by atoms with Crippen molar-refractivity contribution >= 4 is 16.9 Å². The summed E-state index contributed by atoms with van der Waals surface area (Å²) in [7, 11) is 0. The second-order valence-corrected chi connectivity index (χ2v) is 6.79. The summed E-state index contributed by atoms with van der Waals surface area (Å²) in [6.45, 7) is 6.51. The number of amides is 1. The number of fused-ring (bicyclic) bond motifs is 2. The number of hydrogen-bond donors (Lipinski definition) is 0. The maximum Gasteiger partial charge on any atom is 0.290 e. The number of pyridine rings is 1. The number of hydrogen-bond acceptors (Lipinski definition) is 4. The second-order valence-electron chi connectivity index (χ2n) is 6.79. The summed E-state index contributed by atoms with van der Waals surface area (Å²) in [6, 6.07) is 6.96. The standard InChI is InChI=1S/C21H20N2O3/c1-4-9-23-18(14-5-7-22-8-6-14)17-19(24)15-10-12(2)13(3)11-16(15)26-20(17)21(23)25/h5-8,10-11,18H,4,9H2,1-3H3. The third-order valence-electron chi connectivity index (χ3n) is 5.07. The molecule has 0 saturated heterocycles. The van der Waals surface area contributed by atoms with Crippen LogP contribution in [0.3, 0.4) is 0 Å². The molecule has 0 N–H and O–H groups in total. The van der Waals surface area contributed by atoms with Gasteiger partial charge in [-0.2, -0.15) is 0 Å². The topological polar surface area (TPSA) is 63.4 Å². The van der Waals surface area contributed by atoms with Crippen molar-refractivity contribution in [2.45, 2.75) is 33.2 Å². The van der Waals surface area contributed by atoms with Crippen molar-refractivity contribution < 1.29 is 9.21 Å². The molecule has 132 valence electrons. The average molecular weight is 348 g/mol. The molecular formula is C21H20N2O3. The zero-order chi connectivity index (χ0) is 18.4. The summed E-state index contributed by atoms with van der Waals surface area (Å²) in [5.41, 5.74) is 3.71. The van der Waals surface area contributed by atoms with E-state index in [2.05, 4.69) is 4.98 Å². The Morgan fingerprint density at radius 2 is 1.81 bits per heavy atom. The van der Waals surface area contributed by atoms with Crippen LogP contribution in [-0.4, -0.2) is 22.3 Å². The van der Waals surface area contributed by atoms with Gasteiger partial charge >= 0.3 is 0 Å². The molecule has 1 unspecified atom stereocenters. The van der Waals surface area contributed by atoms with E-state index in [1.807, 2.05) is 45.0 Å². The van der Waals surface area contributed by atoms with Crippen LogP contribution in [0.5, 0.6) is 0 Å². The highest BCUT2D eigenvalue weighted by Crippen LogP contribution is 2.38. The minimum Gasteiger partial charge on any atom is -0.450 e. The van der Waals surface area contributed by atoms with Crippen LogP contribution in [0.4, 0.5) is 0 Å². The van der Waals surface area contributed by atoms with Gasteiger partial charge in [0, 0.05) is 18.9 Å². The second kappa shape index (κ2) is 6.09. The van der Waals surface area contributed by atoms with Gasteiger partial charge in [0.25, 0.3) is 5.91 Å². The summed E-state index contributed by atoms with van der Waals surface area (Å²) >= 11 is 0. The predicted molar refractivity (Wildman–Crippen MR) is 99.4 cm³/mol. The van der Waals surface area contributed by atoms with Gasteiger partial charge < -0.3 is 9.32 Å². The van der Waals surface area contributed by atoms with E-state index < -0.39 is 6.04 Å². The normalized spacial score (nSPS) is 16.3. The van der Waals surface area contributed by atoms with Gasteiger partial charge in [-0.05, 0) is 61.2 Å². The van der Waals surface area contributed by atoms with E-state index >= 15 is 0 Å². The Morgan fingerprint density at radius 1 is 1.12 bits per heavy atom. The lowest BCUT2D eigenvalue weighted by Crippen LogP contribution is -2.30. The quantitative estimate of drug-likeness (QED) is 0.723. The van der Waals surface area contributed by atoms with Crippen LogP contribution in [0.1, 0.15) is 52.2 Å². The van der Waals surface area contributed by atoms with Crippen LogP contribution >= 0.6 is 0 Å². The molecule has 0 aliphatic carbocycles. The molecule has 0 bridgehead atoms. The highest BCUT2D eigenvalue weighted by molar-refractivity contribution is 5.99. The number of carbonyl (C=O) groups is 1. The number of aryl methyl sites for hydroxylation is 2. The minimum atomic E-state index is -0.428. The molecule has 1 amide bonds. The molecule has 5 heteroatoms. The summed E-state index contributed by atoms with van der Waals surface area (Å²) in [4.78, 5) is 32.1. The van der Waals surface area contributed by atoms with Gasteiger partial charge in [-0.25, -0.2) is 0 Å². The minimum absolute atomic E-state index is 0.127. The molecule has 0 saturated carbocycles. The molecule has 4 rings (SSSR count). The first-order valence-corrected chi connectivity index (χ1v) is 8.81. The highest BCUT2D eigenvalue weighted by atomic mass is 16.3. The molecule has 1 aliphatic heterocycles. The van der Waals surface area contributed by atoms with Crippen molar-refractivity contribution in [3.05, 3.63) is 74.9 Å². The van der Waals surface area contributed by atoms with Gasteiger partial charge in [-0.3, -0.25) is 14.6 Å². The molecular weight excluding hydrogens is 328 g/mol. The Kier molecular flexibility index (Phi) is 3.87. The maximum atomic E-state index is 13.3. The van der Waals surface area contributed by atoms with Gasteiger partial charge in [0.15, 0.2) is 5.43 Å². The van der Waals surface area contributed by atoms with Gasteiger partial charge in [-0.1, -0.05) is 6.92 Å². The molecule has 3 heterocycles. The largest absolute Gasteiger partial charge is 0.450 e. The average Bonchev–Trinajstić information content (AvgIpc) is 2.91. The maximum absolute atomic E-state index is 13.3. The van der Waals surface area contributed by atoms with E-state index in [1.54, 1.807) is 17.3 Å². The summed E-state index contributed by atoms with van der Waals surface area (Å²) in [6.07, 6.45) is 4.16. The molecule has 2 aromatic heterocycles. The van der Waals surface area contributed by atoms with Gasteiger partial charge in [0.2, 0.25) is 5.76 Å². The van der Waals surface area contributed by atoms with Crippen LogP contribution in [0, 0.1) is 13.8 Å². The fourth-order valence-corrected chi connectivity index (χ4v) is 3.64. The van der Waals surface area contributed by atoms with Crippen molar-refractivity contribution in [3.63, 3.8) is 0 Å². The van der Waals surface area contributed by atoms with E-state index in [0.29, 0.717) is 23.1 Å². The molecule has 0 fully saturated rings. The Hall–Kier alpha value is -2.95. The molecule has 0 spiro atoms. The lowest BCUT2D eigenvalue weighted by atomic mass is 9.98. The first-order chi connectivity index (χ1) is 12.5. The van der Waals surface area contributed by atoms with Crippen LogP contribution in [0.2, 0.25) is 0 Å². The van der Waals surface area contributed by atoms with Gasteiger partial charge in [-0.15, -0.1) is 0 Å². The van der Waals surface area contributed by atoms with Gasteiger partial charge in [0.05, 0.1) is 17.0 Å². The van der Waals surface area contributed by atoms with Gasteiger partial charge in [0.1, 0.15) is 5.58 Å². The number of nitrogens with zero attached hydrogens (tertiary/aromatic N) is 2. The summed E-state index contributed by atoms with van der Waals surface area (Å²) in [5.74, 6) is -0.0538. The van der Waals surface area contributed by atoms with Crippen molar-refractivity contribution in [1.29, 1.82) is 0 Å². The van der Waals surface area contributed by atoms with E-state index in [9.17, 15) is 9.59 Å². The zero-order valence-corrected chi connectivity index (χ0v) is 15.1.